The number of carbonyl (C=O) groups is 3. The van der Waals surface area contributed by atoms with Crippen LogP contribution in [0.1, 0.15) is 31.3 Å². The predicted molar refractivity (Wildman–Crippen MR) is 113 cm³/mol. The van der Waals surface area contributed by atoms with Crippen LogP contribution in [0.4, 0.5) is 5.13 Å². The second kappa shape index (κ2) is 7.86. The average Bonchev–Trinajstić information content (AvgIpc) is 3.20. The topological polar surface area (TPSA) is 126 Å². The number of aliphatic hydroxyl groups is 1. The van der Waals surface area contributed by atoms with E-state index in [0.29, 0.717) is 18.8 Å². The summed E-state index contributed by atoms with van der Waals surface area (Å²) < 4.78 is 5.22. The van der Waals surface area contributed by atoms with E-state index in [0.717, 1.165) is 10.0 Å². The van der Waals surface area contributed by atoms with Gasteiger partial charge in [-0.05, 0) is 13.8 Å². The van der Waals surface area contributed by atoms with Crippen LogP contribution < -0.4 is 10.6 Å². The Bertz CT molecular complexity index is 924. The molecule has 0 bridgehead atoms. The van der Waals surface area contributed by atoms with E-state index in [-0.39, 0.29) is 35.4 Å². The molecule has 4 atom stereocenters. The van der Waals surface area contributed by atoms with Crippen LogP contribution in [0.15, 0.2) is 16.0 Å². The van der Waals surface area contributed by atoms with E-state index >= 15 is 0 Å². The van der Waals surface area contributed by atoms with Gasteiger partial charge in [-0.1, -0.05) is 6.92 Å². The van der Waals surface area contributed by atoms with Crippen molar-refractivity contribution in [2.75, 3.05) is 24.6 Å². The van der Waals surface area contributed by atoms with Gasteiger partial charge in [0, 0.05) is 34.5 Å². The molecule has 1 aromatic heterocycles. The Morgan fingerprint density at radius 1 is 1.47 bits per heavy atom. The molecule has 0 aliphatic carbocycles. The summed E-state index contributed by atoms with van der Waals surface area (Å²) >= 11 is 2.96. The summed E-state index contributed by atoms with van der Waals surface area (Å²) in [5.41, 5.74) is 5.85. The molecular weight excluding hydrogens is 428 g/mol. The molecule has 0 radical (unpaired) electrons. The lowest BCUT2D eigenvalue weighted by molar-refractivity contribution is -0.164. The summed E-state index contributed by atoms with van der Waals surface area (Å²) in [6.45, 7) is 6.98. The summed E-state index contributed by atoms with van der Waals surface area (Å²) in [4.78, 5) is 45.2. The van der Waals surface area contributed by atoms with Crippen LogP contribution in [0.25, 0.3) is 0 Å². The van der Waals surface area contributed by atoms with E-state index in [2.05, 4.69) is 9.88 Å². The third-order valence-corrected chi connectivity index (χ3v) is 8.09. The maximum Gasteiger partial charge on any atom is 0.355 e. The average molecular weight is 453 g/mol. The van der Waals surface area contributed by atoms with E-state index in [1.807, 2.05) is 6.92 Å². The van der Waals surface area contributed by atoms with E-state index in [4.69, 9.17) is 10.5 Å². The summed E-state index contributed by atoms with van der Waals surface area (Å²) in [7, 11) is 0. The number of carbonyl (C=O) groups excluding carboxylic acids is 3. The highest BCUT2D eigenvalue weighted by Crippen LogP contribution is 2.52. The molecule has 9 nitrogen and oxygen atoms in total. The smallest absolute Gasteiger partial charge is 0.355 e. The lowest BCUT2D eigenvalue weighted by Gasteiger charge is -2.46. The van der Waals surface area contributed by atoms with E-state index in [9.17, 15) is 19.5 Å². The molecule has 162 valence electrons. The largest absolute Gasteiger partial charge is 0.461 e. The van der Waals surface area contributed by atoms with Gasteiger partial charge in [-0.2, -0.15) is 0 Å². The van der Waals surface area contributed by atoms with E-state index in [1.165, 1.54) is 16.2 Å². The van der Waals surface area contributed by atoms with E-state index in [1.54, 1.807) is 31.0 Å². The van der Waals surface area contributed by atoms with Crippen molar-refractivity contribution >= 4 is 46.0 Å². The van der Waals surface area contributed by atoms with Gasteiger partial charge in [-0.15, -0.1) is 23.1 Å². The fraction of sp³-hybridized carbons (Fsp3) is 0.579. The molecule has 0 aromatic carbocycles. The van der Waals surface area contributed by atoms with Gasteiger partial charge in [-0.3, -0.25) is 9.59 Å². The highest BCUT2D eigenvalue weighted by Gasteiger charge is 2.60. The lowest BCUT2D eigenvalue weighted by Crippen LogP contribution is -2.63. The Kier molecular flexibility index (Phi) is 5.54. The molecule has 1 aromatic rings. The van der Waals surface area contributed by atoms with Crippen LogP contribution in [0.2, 0.25) is 0 Å². The molecule has 2 saturated heterocycles. The standard InChI is InChI=1S/C19H24N4O5S2/c1-4-28-18(27)14-15(8(2)13-12(9(3)24)17(26)23(13)14)30-10-5-22(6-10)19-21-11(7-29-19)16(20)25/h7-10,12-13,24H,4-6H2,1-3H3,(H2,20,25)/t8-,9-,12-,13-/m1/s1. The third kappa shape index (κ3) is 3.28. The minimum absolute atomic E-state index is 0.0536. The number of hydrogen-bond donors (Lipinski definition) is 2. The van der Waals surface area contributed by atoms with Gasteiger partial charge in [0.2, 0.25) is 5.91 Å². The SMILES string of the molecule is CCOC(=O)C1=C(SC2CN(c3nc(C(N)=O)cs3)C2)[C@H](C)[C@@H]2[C@@H]([C@@H](C)O)C(=O)N12. The van der Waals surface area contributed by atoms with Crippen LogP contribution in [-0.2, 0) is 14.3 Å². The summed E-state index contributed by atoms with van der Waals surface area (Å²) in [5.74, 6) is -1.81. The molecule has 4 heterocycles. The van der Waals surface area contributed by atoms with Crippen LogP contribution in [0.5, 0.6) is 0 Å². The highest BCUT2D eigenvalue weighted by molar-refractivity contribution is 8.03. The quantitative estimate of drug-likeness (QED) is 0.459. The minimum Gasteiger partial charge on any atom is -0.461 e. The van der Waals surface area contributed by atoms with Crippen LogP contribution >= 0.6 is 23.1 Å². The van der Waals surface area contributed by atoms with Crippen molar-refractivity contribution in [2.45, 2.75) is 38.2 Å². The van der Waals surface area contributed by atoms with Crippen molar-refractivity contribution < 1.29 is 24.2 Å². The minimum atomic E-state index is -0.766. The molecule has 0 unspecified atom stereocenters. The molecule has 2 fully saturated rings. The first kappa shape index (κ1) is 21.1. The van der Waals surface area contributed by atoms with Crippen molar-refractivity contribution in [3.8, 4) is 0 Å². The number of esters is 1. The summed E-state index contributed by atoms with van der Waals surface area (Å²) in [6, 6.07) is -0.215. The third-order valence-electron chi connectivity index (χ3n) is 5.73. The van der Waals surface area contributed by atoms with E-state index < -0.39 is 23.9 Å². The zero-order valence-electron chi connectivity index (χ0n) is 16.9. The molecule has 2 amide bonds. The maximum atomic E-state index is 12.6. The number of anilines is 1. The second-order valence-corrected chi connectivity index (χ2v) is 9.89. The van der Waals surface area contributed by atoms with Crippen molar-refractivity contribution in [3.63, 3.8) is 0 Å². The van der Waals surface area contributed by atoms with Gasteiger partial charge >= 0.3 is 5.97 Å². The van der Waals surface area contributed by atoms with Crippen LogP contribution in [0, 0.1) is 11.8 Å². The van der Waals surface area contributed by atoms with Gasteiger partial charge < -0.3 is 25.4 Å². The Morgan fingerprint density at radius 3 is 2.73 bits per heavy atom. The van der Waals surface area contributed by atoms with Crippen molar-refractivity contribution in [1.82, 2.24) is 9.88 Å². The number of rotatable bonds is 7. The molecule has 3 aliphatic heterocycles. The monoisotopic (exact) mass is 452 g/mol. The number of thiazole rings is 1. The number of nitrogens with zero attached hydrogens (tertiary/aromatic N) is 3. The highest BCUT2D eigenvalue weighted by atomic mass is 32.2. The number of primary amides is 1. The van der Waals surface area contributed by atoms with Gasteiger partial charge in [0.05, 0.1) is 24.7 Å². The molecule has 4 rings (SSSR count). The lowest BCUT2D eigenvalue weighted by atomic mass is 9.79. The first-order valence-electron chi connectivity index (χ1n) is 9.83. The number of amides is 2. The van der Waals surface area contributed by atoms with Gasteiger partial charge in [0.25, 0.3) is 5.91 Å². The van der Waals surface area contributed by atoms with Crippen LogP contribution in [0.3, 0.4) is 0 Å². The zero-order chi connectivity index (χ0) is 21.7. The molecule has 3 aliphatic rings. The Labute approximate surface area is 182 Å². The van der Waals surface area contributed by atoms with Crippen molar-refractivity contribution in [2.24, 2.45) is 17.6 Å². The number of fused-ring (bicyclic) bond motifs is 1. The maximum absolute atomic E-state index is 12.6. The second-order valence-electron chi connectivity index (χ2n) is 7.71. The molecule has 11 heteroatoms. The Hall–Kier alpha value is -2.11. The predicted octanol–water partition coefficient (Wildman–Crippen LogP) is 0.796. The first-order valence-corrected chi connectivity index (χ1v) is 11.6. The van der Waals surface area contributed by atoms with Gasteiger partial charge in [0.15, 0.2) is 5.13 Å². The van der Waals surface area contributed by atoms with Crippen LogP contribution in [-0.4, -0.2) is 69.9 Å². The number of ether oxygens (including phenoxy) is 1. The summed E-state index contributed by atoms with van der Waals surface area (Å²) in [5, 5.41) is 12.6. The zero-order valence-corrected chi connectivity index (χ0v) is 18.5. The van der Waals surface area contributed by atoms with Crippen molar-refractivity contribution in [3.05, 3.63) is 21.7 Å². The summed E-state index contributed by atoms with van der Waals surface area (Å²) in [6.07, 6.45) is -0.766. The molecule has 0 spiro atoms. The number of β-lactam (4-membered cyclic amide) rings is 1. The molecule has 0 saturated carbocycles. The number of aliphatic hydroxyl groups excluding tert-OH is 1. The van der Waals surface area contributed by atoms with Crippen molar-refractivity contribution in [1.29, 1.82) is 0 Å². The first-order chi connectivity index (χ1) is 14.2. The Morgan fingerprint density at radius 2 is 2.17 bits per heavy atom. The number of nitrogens with two attached hydrogens (primary N) is 1. The number of thioether (sulfide) groups is 1. The normalized spacial score (nSPS) is 26.9. The van der Waals surface area contributed by atoms with Gasteiger partial charge in [0.1, 0.15) is 11.4 Å². The molecular formula is C19H24N4O5S2. The molecule has 3 N–H and O–H groups in total. The molecule has 30 heavy (non-hydrogen) atoms. The fourth-order valence-corrected chi connectivity index (χ4v) is 6.59. The van der Waals surface area contributed by atoms with Gasteiger partial charge in [-0.25, -0.2) is 9.78 Å². The number of aromatic nitrogens is 1. The number of hydrogen-bond acceptors (Lipinski definition) is 9. The Balaban J connectivity index is 1.50. The fourth-order valence-electron chi connectivity index (χ4n) is 4.24.